The van der Waals surface area contributed by atoms with E-state index in [1.807, 2.05) is 56.4 Å². The molecule has 1 aliphatic heterocycles. The number of H-pyrrole nitrogens is 1. The minimum absolute atomic E-state index is 0.0510. The number of para-hydroxylation sites is 1. The molecule has 1 aliphatic rings. The number of piperazine rings is 1. The van der Waals surface area contributed by atoms with Gasteiger partial charge in [-0.05, 0) is 44.0 Å². The normalized spacial score (nSPS) is 19.8. The Morgan fingerprint density at radius 3 is 2.55 bits per heavy atom. The maximum atomic E-state index is 13.1. The minimum Gasteiger partial charge on any atom is -0.360 e. The van der Waals surface area contributed by atoms with E-state index in [1.165, 1.54) is 15.4 Å². The van der Waals surface area contributed by atoms with Gasteiger partial charge in [-0.1, -0.05) is 30.3 Å². The first kappa shape index (κ1) is 21.3. The first-order chi connectivity index (χ1) is 14.9. The van der Waals surface area contributed by atoms with Crippen LogP contribution in [0.1, 0.15) is 28.4 Å². The number of carbonyl (C=O) groups excluding carboxylic acids is 2. The van der Waals surface area contributed by atoms with Crippen molar-refractivity contribution >= 4 is 28.3 Å². The number of Topliss-reactive ketones (excluding diaryl/α,β-unsaturated/α-hetero) is 1. The fourth-order valence-electron chi connectivity index (χ4n) is 4.54. The highest BCUT2D eigenvalue weighted by Gasteiger charge is 2.33. The molecule has 31 heavy (non-hydrogen) atoms. The SMILES string of the molecule is Cc1cccc(NC(=O)C[NH+]2CC[NH+]([C@H](C)C(=O)c3c[nH]c4ccccc34)CC2)c1C. The van der Waals surface area contributed by atoms with Crippen LogP contribution in [-0.4, -0.2) is 55.4 Å². The zero-order valence-corrected chi connectivity index (χ0v) is 18.5. The molecule has 1 atom stereocenters. The molecule has 6 nitrogen and oxygen atoms in total. The number of aryl methyl sites for hydroxylation is 1. The van der Waals surface area contributed by atoms with Gasteiger partial charge < -0.3 is 20.1 Å². The fraction of sp³-hybridized carbons (Fsp3) is 0.360. The standard InChI is InChI=1S/C25H30N4O2/c1-17-7-6-10-22(18(17)2)27-24(30)16-28-11-13-29(14-12-28)19(3)25(31)21-15-26-23-9-5-4-8-20(21)23/h4-10,15,19,26H,11-14,16H2,1-3H3,(H,27,30)/p+2/t19-/m1/s1. The molecule has 1 aromatic heterocycles. The van der Waals surface area contributed by atoms with E-state index in [0.29, 0.717) is 6.54 Å². The average Bonchev–Trinajstić information content (AvgIpc) is 3.20. The van der Waals surface area contributed by atoms with Crippen LogP contribution in [0, 0.1) is 13.8 Å². The molecule has 2 aromatic carbocycles. The summed E-state index contributed by atoms with van der Waals surface area (Å²) in [6.07, 6.45) is 1.84. The van der Waals surface area contributed by atoms with E-state index < -0.39 is 0 Å². The molecule has 162 valence electrons. The van der Waals surface area contributed by atoms with Gasteiger partial charge in [-0.2, -0.15) is 0 Å². The molecule has 0 saturated carbocycles. The van der Waals surface area contributed by atoms with Crippen LogP contribution in [0.2, 0.25) is 0 Å². The van der Waals surface area contributed by atoms with Crippen LogP contribution in [0.3, 0.4) is 0 Å². The van der Waals surface area contributed by atoms with Gasteiger partial charge in [0.25, 0.3) is 5.91 Å². The van der Waals surface area contributed by atoms with Gasteiger partial charge in [0.1, 0.15) is 32.2 Å². The molecule has 3 aromatic rings. The summed E-state index contributed by atoms with van der Waals surface area (Å²) < 4.78 is 0. The topological polar surface area (TPSA) is 70.8 Å². The van der Waals surface area contributed by atoms with Crippen LogP contribution in [0.4, 0.5) is 5.69 Å². The summed E-state index contributed by atoms with van der Waals surface area (Å²) in [5.41, 5.74) is 4.96. The molecular weight excluding hydrogens is 388 g/mol. The average molecular weight is 421 g/mol. The fourth-order valence-corrected chi connectivity index (χ4v) is 4.54. The molecular formula is C25H32N4O2+2. The number of aromatic amines is 1. The van der Waals surface area contributed by atoms with Crippen LogP contribution < -0.4 is 15.1 Å². The van der Waals surface area contributed by atoms with Gasteiger partial charge in [-0.3, -0.25) is 9.59 Å². The second kappa shape index (κ2) is 9.04. The van der Waals surface area contributed by atoms with Gasteiger partial charge in [0.05, 0.1) is 0 Å². The molecule has 6 heteroatoms. The van der Waals surface area contributed by atoms with E-state index in [0.717, 1.165) is 53.9 Å². The number of rotatable bonds is 6. The Morgan fingerprint density at radius 2 is 1.77 bits per heavy atom. The summed E-state index contributed by atoms with van der Waals surface area (Å²) in [5, 5.41) is 4.05. The van der Waals surface area contributed by atoms with Crippen molar-refractivity contribution in [1.82, 2.24) is 4.98 Å². The van der Waals surface area contributed by atoms with Gasteiger partial charge in [0.15, 0.2) is 6.54 Å². The Balaban J connectivity index is 1.31. The summed E-state index contributed by atoms with van der Waals surface area (Å²) in [4.78, 5) is 31.5. The number of amides is 1. The second-order valence-electron chi connectivity index (χ2n) is 8.71. The number of nitrogens with one attached hydrogen (secondary N) is 4. The number of hydrogen-bond donors (Lipinski definition) is 4. The van der Waals surface area contributed by atoms with E-state index in [1.54, 1.807) is 0 Å². The van der Waals surface area contributed by atoms with Gasteiger partial charge >= 0.3 is 0 Å². The van der Waals surface area contributed by atoms with Gasteiger partial charge in [0.2, 0.25) is 5.78 Å². The Morgan fingerprint density at radius 1 is 1.03 bits per heavy atom. The quantitative estimate of drug-likeness (QED) is 0.445. The van der Waals surface area contributed by atoms with Crippen LogP contribution in [0.5, 0.6) is 0 Å². The third-order valence-corrected chi connectivity index (χ3v) is 6.75. The number of benzene rings is 2. The minimum atomic E-state index is -0.0930. The van der Waals surface area contributed by atoms with Gasteiger partial charge in [-0.25, -0.2) is 0 Å². The van der Waals surface area contributed by atoms with Crippen LogP contribution in [0.15, 0.2) is 48.7 Å². The lowest BCUT2D eigenvalue weighted by atomic mass is 10.0. The molecule has 4 N–H and O–H groups in total. The van der Waals surface area contributed by atoms with Crippen molar-refractivity contribution in [2.45, 2.75) is 26.8 Å². The zero-order valence-electron chi connectivity index (χ0n) is 18.5. The lowest BCUT2D eigenvalue weighted by Gasteiger charge is -2.32. The highest BCUT2D eigenvalue weighted by molar-refractivity contribution is 6.09. The van der Waals surface area contributed by atoms with E-state index >= 15 is 0 Å². The second-order valence-corrected chi connectivity index (χ2v) is 8.71. The molecule has 0 radical (unpaired) electrons. The molecule has 1 fully saturated rings. The number of carbonyl (C=O) groups is 2. The number of aromatic nitrogens is 1. The molecule has 2 heterocycles. The van der Waals surface area contributed by atoms with Gasteiger partial charge in [-0.15, -0.1) is 0 Å². The van der Waals surface area contributed by atoms with Crippen LogP contribution in [0.25, 0.3) is 10.9 Å². The smallest absolute Gasteiger partial charge is 0.279 e. The van der Waals surface area contributed by atoms with Crippen molar-refractivity contribution in [3.05, 3.63) is 65.4 Å². The van der Waals surface area contributed by atoms with E-state index in [-0.39, 0.29) is 17.7 Å². The summed E-state index contributed by atoms with van der Waals surface area (Å²) in [5.74, 6) is 0.235. The largest absolute Gasteiger partial charge is 0.360 e. The number of anilines is 1. The monoisotopic (exact) mass is 420 g/mol. The molecule has 0 unspecified atom stereocenters. The highest BCUT2D eigenvalue weighted by Crippen LogP contribution is 2.19. The lowest BCUT2D eigenvalue weighted by molar-refractivity contribution is -1.01. The molecule has 0 bridgehead atoms. The lowest BCUT2D eigenvalue weighted by Crippen LogP contribution is -3.30. The molecule has 0 spiro atoms. The van der Waals surface area contributed by atoms with Crippen LogP contribution >= 0.6 is 0 Å². The summed E-state index contributed by atoms with van der Waals surface area (Å²) in [6, 6.07) is 13.8. The molecule has 0 aliphatic carbocycles. The van der Waals surface area contributed by atoms with E-state index in [2.05, 4.69) is 23.3 Å². The number of quaternary nitrogens is 2. The summed E-state index contributed by atoms with van der Waals surface area (Å²) in [6.45, 7) is 10.1. The van der Waals surface area contributed by atoms with E-state index in [9.17, 15) is 9.59 Å². The predicted octanol–water partition coefficient (Wildman–Crippen LogP) is 0.778. The third kappa shape index (κ3) is 4.55. The van der Waals surface area contributed by atoms with Crippen molar-refractivity contribution < 1.29 is 19.4 Å². The third-order valence-electron chi connectivity index (χ3n) is 6.75. The van der Waals surface area contributed by atoms with E-state index in [4.69, 9.17) is 0 Å². The molecule has 1 saturated heterocycles. The number of hydrogen-bond acceptors (Lipinski definition) is 2. The first-order valence-electron chi connectivity index (χ1n) is 11.1. The Hall–Kier alpha value is -2.96. The molecule has 1 amide bonds. The van der Waals surface area contributed by atoms with Crippen LogP contribution in [-0.2, 0) is 4.79 Å². The number of ketones is 1. The maximum absolute atomic E-state index is 13.1. The zero-order chi connectivity index (χ0) is 22.0. The van der Waals surface area contributed by atoms with Crippen molar-refractivity contribution in [1.29, 1.82) is 0 Å². The Labute approximate surface area is 183 Å². The van der Waals surface area contributed by atoms with Crippen molar-refractivity contribution in [2.75, 3.05) is 38.0 Å². The van der Waals surface area contributed by atoms with Gasteiger partial charge in [0, 0.05) is 28.4 Å². The summed E-state index contributed by atoms with van der Waals surface area (Å²) in [7, 11) is 0. The number of fused-ring (bicyclic) bond motifs is 1. The Bertz CT molecular complexity index is 1100. The highest BCUT2D eigenvalue weighted by atomic mass is 16.2. The Kier molecular flexibility index (Phi) is 6.20. The van der Waals surface area contributed by atoms with Crippen molar-refractivity contribution in [3.8, 4) is 0 Å². The first-order valence-corrected chi connectivity index (χ1v) is 11.1. The van der Waals surface area contributed by atoms with Crippen molar-refractivity contribution in [3.63, 3.8) is 0 Å². The van der Waals surface area contributed by atoms with Crippen molar-refractivity contribution in [2.24, 2.45) is 0 Å². The predicted molar refractivity (Wildman–Crippen MR) is 123 cm³/mol. The maximum Gasteiger partial charge on any atom is 0.279 e. The molecule has 4 rings (SSSR count). The summed E-state index contributed by atoms with van der Waals surface area (Å²) >= 11 is 0.